The number of aliphatic hydroxyl groups is 1. The van der Waals surface area contributed by atoms with Crippen molar-refractivity contribution in [1.82, 2.24) is 0 Å². The first-order valence-electron chi connectivity index (χ1n) is 8.43. The lowest BCUT2D eigenvalue weighted by Gasteiger charge is -2.16. The summed E-state index contributed by atoms with van der Waals surface area (Å²) in [5.41, 5.74) is 2.58. The highest BCUT2D eigenvalue weighted by Gasteiger charge is 2.15. The summed E-state index contributed by atoms with van der Waals surface area (Å²) >= 11 is 0. The first kappa shape index (κ1) is 18.0. The third-order valence-corrected chi connectivity index (χ3v) is 3.99. The Morgan fingerprint density at radius 3 is 2.23 bits per heavy atom. The molecule has 0 bridgehead atoms. The third-order valence-electron chi connectivity index (χ3n) is 3.99. The van der Waals surface area contributed by atoms with Crippen molar-refractivity contribution in [3.63, 3.8) is 0 Å². The van der Waals surface area contributed by atoms with Gasteiger partial charge in [0.25, 0.3) is 0 Å². The van der Waals surface area contributed by atoms with Gasteiger partial charge in [0.1, 0.15) is 24.2 Å². The van der Waals surface area contributed by atoms with Crippen LogP contribution >= 0.6 is 0 Å². The second-order valence-electron chi connectivity index (χ2n) is 5.83. The van der Waals surface area contributed by atoms with E-state index < -0.39 is 6.10 Å². The topological polar surface area (TPSA) is 47.9 Å². The summed E-state index contributed by atoms with van der Waals surface area (Å²) in [6, 6.07) is 24.8. The van der Waals surface area contributed by atoms with Gasteiger partial charge in [0.2, 0.25) is 0 Å². The Balaban J connectivity index is 1.68. The number of ether oxygens (including phenoxy) is 3. The predicted molar refractivity (Wildman–Crippen MR) is 100 cm³/mol. The van der Waals surface area contributed by atoms with Crippen LogP contribution in [0.2, 0.25) is 0 Å². The summed E-state index contributed by atoms with van der Waals surface area (Å²) in [4.78, 5) is 0. The summed E-state index contributed by atoms with van der Waals surface area (Å²) in [6.45, 7) is 0.645. The molecule has 3 aromatic rings. The molecule has 0 heterocycles. The summed E-state index contributed by atoms with van der Waals surface area (Å²) in [7, 11) is 1.56. The summed E-state index contributed by atoms with van der Waals surface area (Å²) in [5, 5.41) is 10.7. The molecule has 0 spiro atoms. The lowest BCUT2D eigenvalue weighted by molar-refractivity contribution is 0.0488. The molecule has 0 aliphatic carbocycles. The maximum atomic E-state index is 10.7. The van der Waals surface area contributed by atoms with Crippen LogP contribution in [0.25, 0.3) is 0 Å². The fourth-order valence-electron chi connectivity index (χ4n) is 2.63. The minimum Gasteiger partial charge on any atom is -0.489 e. The van der Waals surface area contributed by atoms with Gasteiger partial charge in [-0.1, -0.05) is 60.7 Å². The standard InChI is InChI=1S/C22H22O4/c1-24-16-26-21-10-6-5-9-20(21)22(23)18-11-13-19(14-12-18)25-15-17-7-3-2-4-8-17/h2-14,22-23H,15-16H2,1H3. The zero-order valence-corrected chi connectivity index (χ0v) is 14.7. The van der Waals surface area contributed by atoms with Crippen molar-refractivity contribution >= 4 is 0 Å². The monoisotopic (exact) mass is 350 g/mol. The average Bonchev–Trinajstić information content (AvgIpc) is 2.71. The summed E-state index contributed by atoms with van der Waals surface area (Å²) < 4.78 is 16.3. The fourth-order valence-corrected chi connectivity index (χ4v) is 2.63. The molecule has 1 unspecified atom stereocenters. The van der Waals surface area contributed by atoms with Crippen LogP contribution in [0.15, 0.2) is 78.9 Å². The predicted octanol–water partition coefficient (Wildman–Crippen LogP) is 4.33. The van der Waals surface area contributed by atoms with Crippen LogP contribution in [0.5, 0.6) is 11.5 Å². The maximum Gasteiger partial charge on any atom is 0.188 e. The van der Waals surface area contributed by atoms with Crippen LogP contribution in [0, 0.1) is 0 Å². The first-order valence-corrected chi connectivity index (χ1v) is 8.43. The van der Waals surface area contributed by atoms with Crippen molar-refractivity contribution in [2.24, 2.45) is 0 Å². The molecule has 134 valence electrons. The molecule has 0 amide bonds. The normalized spacial score (nSPS) is 11.8. The van der Waals surface area contributed by atoms with Gasteiger partial charge < -0.3 is 19.3 Å². The van der Waals surface area contributed by atoms with Crippen LogP contribution in [-0.2, 0) is 11.3 Å². The quantitative estimate of drug-likeness (QED) is 0.614. The number of benzene rings is 3. The van der Waals surface area contributed by atoms with E-state index in [1.54, 1.807) is 7.11 Å². The molecule has 3 rings (SSSR count). The van der Waals surface area contributed by atoms with E-state index in [0.717, 1.165) is 16.9 Å². The molecule has 3 aromatic carbocycles. The van der Waals surface area contributed by atoms with Gasteiger partial charge in [-0.3, -0.25) is 0 Å². The highest BCUT2D eigenvalue weighted by Crippen LogP contribution is 2.30. The van der Waals surface area contributed by atoms with Crippen molar-refractivity contribution in [1.29, 1.82) is 0 Å². The van der Waals surface area contributed by atoms with Crippen molar-refractivity contribution in [3.05, 3.63) is 95.6 Å². The third kappa shape index (κ3) is 4.63. The molecular weight excluding hydrogens is 328 g/mol. The van der Waals surface area contributed by atoms with Gasteiger partial charge in [-0.05, 0) is 29.3 Å². The SMILES string of the molecule is COCOc1ccccc1C(O)c1ccc(OCc2ccccc2)cc1. The molecule has 0 aromatic heterocycles. The van der Waals surface area contributed by atoms with Crippen LogP contribution < -0.4 is 9.47 Å². The minimum atomic E-state index is -0.786. The molecule has 26 heavy (non-hydrogen) atoms. The van der Waals surface area contributed by atoms with E-state index in [9.17, 15) is 5.11 Å². The van der Waals surface area contributed by atoms with Crippen molar-refractivity contribution in [2.45, 2.75) is 12.7 Å². The Bertz CT molecular complexity index is 800. The largest absolute Gasteiger partial charge is 0.489 e. The zero-order valence-electron chi connectivity index (χ0n) is 14.7. The highest BCUT2D eigenvalue weighted by atomic mass is 16.7. The second-order valence-corrected chi connectivity index (χ2v) is 5.83. The molecular formula is C22H22O4. The number of rotatable bonds is 8. The zero-order chi connectivity index (χ0) is 18.2. The van der Waals surface area contributed by atoms with Crippen LogP contribution in [-0.4, -0.2) is 19.0 Å². The van der Waals surface area contributed by atoms with E-state index in [1.165, 1.54) is 0 Å². The smallest absolute Gasteiger partial charge is 0.188 e. The summed E-state index contributed by atoms with van der Waals surface area (Å²) in [6.07, 6.45) is -0.786. The van der Waals surface area contributed by atoms with Gasteiger partial charge in [0, 0.05) is 12.7 Å². The van der Waals surface area contributed by atoms with Gasteiger partial charge in [-0.2, -0.15) is 0 Å². The molecule has 4 nitrogen and oxygen atoms in total. The number of para-hydroxylation sites is 1. The Hall–Kier alpha value is -2.82. The molecule has 4 heteroatoms. The molecule has 0 aliphatic rings. The number of hydrogen-bond donors (Lipinski definition) is 1. The van der Waals surface area contributed by atoms with Crippen molar-refractivity contribution in [3.8, 4) is 11.5 Å². The molecule has 0 saturated heterocycles. The van der Waals surface area contributed by atoms with Gasteiger partial charge in [0.05, 0.1) is 0 Å². The van der Waals surface area contributed by atoms with Gasteiger partial charge in [0.15, 0.2) is 6.79 Å². The number of methoxy groups -OCH3 is 1. The Morgan fingerprint density at radius 2 is 1.50 bits per heavy atom. The molecule has 0 saturated carbocycles. The van der Waals surface area contributed by atoms with E-state index in [1.807, 2.05) is 78.9 Å². The molecule has 0 aliphatic heterocycles. The first-order chi connectivity index (χ1) is 12.8. The number of hydrogen-bond acceptors (Lipinski definition) is 4. The Labute approximate surface area is 153 Å². The van der Waals surface area contributed by atoms with Crippen LogP contribution in [0.3, 0.4) is 0 Å². The Morgan fingerprint density at radius 1 is 0.808 bits per heavy atom. The summed E-state index contributed by atoms with van der Waals surface area (Å²) in [5.74, 6) is 1.36. The van der Waals surface area contributed by atoms with E-state index in [2.05, 4.69) is 0 Å². The molecule has 0 fully saturated rings. The van der Waals surface area contributed by atoms with Gasteiger partial charge in [-0.15, -0.1) is 0 Å². The lowest BCUT2D eigenvalue weighted by Crippen LogP contribution is -2.06. The van der Waals surface area contributed by atoms with Crippen molar-refractivity contribution < 1.29 is 19.3 Å². The molecule has 1 N–H and O–H groups in total. The molecule has 1 atom stereocenters. The minimum absolute atomic E-state index is 0.135. The van der Waals surface area contributed by atoms with E-state index in [4.69, 9.17) is 14.2 Å². The lowest BCUT2D eigenvalue weighted by atomic mass is 10.0. The second kappa shape index (κ2) is 9.04. The van der Waals surface area contributed by atoms with Crippen LogP contribution in [0.4, 0.5) is 0 Å². The highest BCUT2D eigenvalue weighted by molar-refractivity contribution is 5.41. The van der Waals surface area contributed by atoms with E-state index in [0.29, 0.717) is 17.9 Å². The van der Waals surface area contributed by atoms with Crippen molar-refractivity contribution in [2.75, 3.05) is 13.9 Å². The maximum absolute atomic E-state index is 10.7. The molecule has 0 radical (unpaired) electrons. The van der Waals surface area contributed by atoms with E-state index >= 15 is 0 Å². The fraction of sp³-hybridized carbons (Fsp3) is 0.182. The Kier molecular flexibility index (Phi) is 6.25. The average molecular weight is 350 g/mol. The number of aliphatic hydroxyl groups excluding tert-OH is 1. The van der Waals surface area contributed by atoms with Gasteiger partial charge >= 0.3 is 0 Å². The van der Waals surface area contributed by atoms with Gasteiger partial charge in [-0.25, -0.2) is 0 Å². The van der Waals surface area contributed by atoms with Crippen LogP contribution in [0.1, 0.15) is 22.8 Å². The van der Waals surface area contributed by atoms with E-state index in [-0.39, 0.29) is 6.79 Å².